The highest BCUT2D eigenvalue weighted by Gasteiger charge is 2.49. The van der Waals surface area contributed by atoms with E-state index in [1.807, 2.05) is 0 Å². The van der Waals surface area contributed by atoms with Gasteiger partial charge in [-0.25, -0.2) is 9.78 Å². The summed E-state index contributed by atoms with van der Waals surface area (Å²) in [7, 11) is 0. The Bertz CT molecular complexity index is 739. The number of piperazine rings is 1. The van der Waals surface area contributed by atoms with Gasteiger partial charge in [-0.2, -0.15) is 18.2 Å². The number of anilines is 2. The zero-order valence-electron chi connectivity index (χ0n) is 14.9. The van der Waals surface area contributed by atoms with Gasteiger partial charge in [0.05, 0.1) is 12.1 Å². The molecule has 0 aliphatic carbocycles. The van der Waals surface area contributed by atoms with Crippen molar-refractivity contribution in [3.8, 4) is 0 Å². The van der Waals surface area contributed by atoms with Crippen molar-refractivity contribution >= 4 is 35.7 Å². The summed E-state index contributed by atoms with van der Waals surface area (Å²) < 4.78 is 46.2. The molecule has 1 aliphatic rings. The lowest BCUT2D eigenvalue weighted by atomic mass is 10.1. The fourth-order valence-electron chi connectivity index (χ4n) is 2.58. The Balaban J connectivity index is 2.38. The number of nitrogens with zero attached hydrogens (tertiary/aromatic N) is 4. The van der Waals surface area contributed by atoms with E-state index in [0.29, 0.717) is 0 Å². The third-order valence-electron chi connectivity index (χ3n) is 3.70. The number of nitrogens with two attached hydrogens (primary N) is 1. The van der Waals surface area contributed by atoms with Crippen LogP contribution < -0.4 is 10.6 Å². The Labute approximate surface area is 158 Å². The summed E-state index contributed by atoms with van der Waals surface area (Å²) in [6.07, 6.45) is -5.30. The van der Waals surface area contributed by atoms with Crippen LogP contribution in [0.25, 0.3) is 0 Å². The van der Waals surface area contributed by atoms with E-state index < -0.39 is 30.5 Å². The lowest BCUT2D eigenvalue weighted by Gasteiger charge is -2.43. The number of carbonyl (C=O) groups excluding carboxylic acids is 2. The van der Waals surface area contributed by atoms with Crippen LogP contribution in [0.4, 0.5) is 29.7 Å². The van der Waals surface area contributed by atoms with E-state index in [1.165, 1.54) is 0 Å². The SMILES string of the molecule is CC(C)(C)OC(=O)N1CCN(c2nc(N)nc(Cl)c2C=O)C(C(F)(F)F)C1. The molecular formula is C15H19ClF3N5O3. The van der Waals surface area contributed by atoms with Gasteiger partial charge in [-0.15, -0.1) is 0 Å². The largest absolute Gasteiger partial charge is 0.444 e. The van der Waals surface area contributed by atoms with Gasteiger partial charge in [0.25, 0.3) is 0 Å². The first kappa shape index (κ1) is 21.0. The molecule has 8 nitrogen and oxygen atoms in total. The van der Waals surface area contributed by atoms with Crippen LogP contribution in [0.15, 0.2) is 0 Å². The fourth-order valence-corrected chi connectivity index (χ4v) is 2.79. The highest BCUT2D eigenvalue weighted by atomic mass is 35.5. The van der Waals surface area contributed by atoms with Gasteiger partial charge in [-0.05, 0) is 20.8 Å². The summed E-state index contributed by atoms with van der Waals surface area (Å²) in [5.41, 5.74) is 4.33. The van der Waals surface area contributed by atoms with Gasteiger partial charge < -0.3 is 20.3 Å². The van der Waals surface area contributed by atoms with E-state index in [1.54, 1.807) is 20.8 Å². The smallest absolute Gasteiger partial charge is 0.410 e. The molecule has 2 heterocycles. The van der Waals surface area contributed by atoms with Crippen molar-refractivity contribution in [1.29, 1.82) is 0 Å². The molecule has 27 heavy (non-hydrogen) atoms. The molecular weight excluding hydrogens is 391 g/mol. The van der Waals surface area contributed by atoms with E-state index >= 15 is 0 Å². The summed E-state index contributed by atoms with van der Waals surface area (Å²) in [6, 6.07) is -2.12. The normalized spacial score (nSPS) is 18.4. The average molecular weight is 410 g/mol. The van der Waals surface area contributed by atoms with Gasteiger partial charge in [0, 0.05) is 13.1 Å². The minimum Gasteiger partial charge on any atom is -0.444 e. The van der Waals surface area contributed by atoms with Crippen LogP contribution in [-0.2, 0) is 4.74 Å². The maximum atomic E-state index is 13.7. The van der Waals surface area contributed by atoms with E-state index in [2.05, 4.69) is 9.97 Å². The first-order valence-corrected chi connectivity index (χ1v) is 8.30. The first-order valence-electron chi connectivity index (χ1n) is 7.93. The number of amides is 1. The predicted molar refractivity (Wildman–Crippen MR) is 91.8 cm³/mol. The summed E-state index contributed by atoms with van der Waals surface area (Å²) in [4.78, 5) is 32.6. The molecule has 0 radical (unpaired) electrons. The van der Waals surface area contributed by atoms with Gasteiger partial charge in [0.15, 0.2) is 6.29 Å². The zero-order valence-corrected chi connectivity index (χ0v) is 15.6. The molecule has 0 saturated carbocycles. The minimum absolute atomic E-state index is 0.0681. The number of halogens is 4. The van der Waals surface area contributed by atoms with Crippen molar-refractivity contribution in [3.63, 3.8) is 0 Å². The molecule has 0 aromatic carbocycles. The molecule has 0 spiro atoms. The molecule has 1 fully saturated rings. The van der Waals surface area contributed by atoms with Crippen molar-refractivity contribution < 1.29 is 27.5 Å². The minimum atomic E-state index is -4.72. The predicted octanol–water partition coefficient (Wildman–Crippen LogP) is 2.51. The van der Waals surface area contributed by atoms with Gasteiger partial charge in [-0.1, -0.05) is 11.6 Å². The van der Waals surface area contributed by atoms with Gasteiger partial charge in [0.2, 0.25) is 5.95 Å². The monoisotopic (exact) mass is 409 g/mol. The maximum Gasteiger partial charge on any atom is 0.410 e. The maximum absolute atomic E-state index is 13.7. The third-order valence-corrected chi connectivity index (χ3v) is 3.98. The lowest BCUT2D eigenvalue weighted by molar-refractivity contribution is -0.155. The Morgan fingerprint density at radius 2 is 1.93 bits per heavy atom. The van der Waals surface area contributed by atoms with Crippen LogP contribution in [-0.4, -0.2) is 64.7 Å². The van der Waals surface area contributed by atoms with Gasteiger partial charge in [-0.3, -0.25) is 4.79 Å². The fraction of sp³-hybridized carbons (Fsp3) is 0.600. The number of nitrogen functional groups attached to an aromatic ring is 1. The van der Waals surface area contributed by atoms with Crippen LogP contribution in [0.1, 0.15) is 31.1 Å². The number of aromatic nitrogens is 2. The number of aldehydes is 1. The molecule has 1 atom stereocenters. The molecule has 150 valence electrons. The Hall–Kier alpha value is -2.30. The third kappa shape index (κ3) is 4.90. The highest BCUT2D eigenvalue weighted by molar-refractivity contribution is 6.32. The topological polar surface area (TPSA) is 102 Å². The Morgan fingerprint density at radius 1 is 1.30 bits per heavy atom. The number of ether oxygens (including phenoxy) is 1. The highest BCUT2D eigenvalue weighted by Crippen LogP contribution is 2.34. The number of hydrogen-bond donors (Lipinski definition) is 1. The second-order valence-corrected chi connectivity index (χ2v) is 7.26. The molecule has 0 bridgehead atoms. The Kier molecular flexibility index (Phi) is 5.74. The molecule has 1 saturated heterocycles. The van der Waals surface area contributed by atoms with E-state index in [-0.39, 0.29) is 41.9 Å². The number of alkyl halides is 3. The van der Waals surface area contributed by atoms with Crippen LogP contribution in [0.5, 0.6) is 0 Å². The molecule has 2 N–H and O–H groups in total. The van der Waals surface area contributed by atoms with Gasteiger partial charge in [0.1, 0.15) is 22.6 Å². The second kappa shape index (κ2) is 7.37. The van der Waals surface area contributed by atoms with Crippen molar-refractivity contribution in [2.45, 2.75) is 38.6 Å². The summed E-state index contributed by atoms with van der Waals surface area (Å²) in [5.74, 6) is -0.690. The summed E-state index contributed by atoms with van der Waals surface area (Å²) in [5, 5.41) is -0.344. The molecule has 2 rings (SSSR count). The summed E-state index contributed by atoms with van der Waals surface area (Å²) in [6.45, 7) is 3.83. The van der Waals surface area contributed by atoms with Crippen LogP contribution in [0, 0.1) is 0 Å². The molecule has 1 aliphatic heterocycles. The van der Waals surface area contributed by atoms with Crippen molar-refractivity contribution in [3.05, 3.63) is 10.7 Å². The number of carbonyl (C=O) groups is 2. The van der Waals surface area contributed by atoms with Crippen LogP contribution in [0.2, 0.25) is 5.15 Å². The second-order valence-electron chi connectivity index (χ2n) is 6.90. The standard InChI is InChI=1S/C15H19ClF3N5O3/c1-14(2,3)27-13(26)23-4-5-24(9(6-23)15(17,18)19)11-8(7-25)10(16)21-12(20)22-11/h7,9H,4-6H2,1-3H3,(H2,20,21,22). The lowest BCUT2D eigenvalue weighted by Crippen LogP contribution is -2.61. The zero-order chi connectivity index (χ0) is 20.6. The molecule has 1 aromatic heterocycles. The van der Waals surface area contributed by atoms with Crippen LogP contribution >= 0.6 is 11.6 Å². The van der Waals surface area contributed by atoms with Crippen molar-refractivity contribution in [1.82, 2.24) is 14.9 Å². The molecule has 12 heteroatoms. The first-order chi connectivity index (χ1) is 12.3. The van der Waals surface area contributed by atoms with Gasteiger partial charge >= 0.3 is 12.3 Å². The molecule has 1 amide bonds. The van der Waals surface area contributed by atoms with E-state index in [9.17, 15) is 22.8 Å². The van der Waals surface area contributed by atoms with E-state index in [0.717, 1.165) is 9.80 Å². The quantitative estimate of drug-likeness (QED) is 0.591. The average Bonchev–Trinajstić information content (AvgIpc) is 2.51. The summed E-state index contributed by atoms with van der Waals surface area (Å²) >= 11 is 5.81. The number of rotatable bonds is 2. The van der Waals surface area contributed by atoms with Crippen LogP contribution in [0.3, 0.4) is 0 Å². The molecule has 1 aromatic rings. The Morgan fingerprint density at radius 3 is 2.44 bits per heavy atom. The number of hydrogen-bond acceptors (Lipinski definition) is 7. The van der Waals surface area contributed by atoms with Crippen molar-refractivity contribution in [2.24, 2.45) is 0 Å². The van der Waals surface area contributed by atoms with Crippen molar-refractivity contribution in [2.75, 3.05) is 30.3 Å². The molecule has 1 unspecified atom stereocenters. The van der Waals surface area contributed by atoms with E-state index in [4.69, 9.17) is 22.1 Å².